The van der Waals surface area contributed by atoms with Crippen LogP contribution in [0.15, 0.2) is 12.2 Å². The van der Waals surface area contributed by atoms with Gasteiger partial charge >= 0.3 is 11.9 Å². The number of carbonyl (C=O) groups is 4. The third-order valence-corrected chi connectivity index (χ3v) is 2.41. The summed E-state index contributed by atoms with van der Waals surface area (Å²) < 4.78 is 9.51. The van der Waals surface area contributed by atoms with E-state index in [1.165, 1.54) is 6.92 Å². The zero-order valence-corrected chi connectivity index (χ0v) is 10.8. The number of nitrogens with zero attached hydrogens (tertiary/aromatic N) is 1. The first-order valence-electron chi connectivity index (χ1n) is 5.73. The molecule has 0 aromatic heterocycles. The molecule has 0 aliphatic carbocycles. The predicted molar refractivity (Wildman–Crippen MR) is 62.4 cm³/mol. The van der Waals surface area contributed by atoms with E-state index >= 15 is 0 Å². The fourth-order valence-corrected chi connectivity index (χ4v) is 1.34. The average molecular weight is 269 g/mol. The molecular formula is C12H15NO6. The lowest BCUT2D eigenvalue weighted by Crippen LogP contribution is -2.58. The molecule has 1 fully saturated rings. The molecule has 7 nitrogen and oxygen atoms in total. The molecule has 1 unspecified atom stereocenters. The van der Waals surface area contributed by atoms with Crippen molar-refractivity contribution in [2.45, 2.75) is 32.9 Å². The summed E-state index contributed by atoms with van der Waals surface area (Å²) in [4.78, 5) is 45.9. The maximum Gasteiger partial charge on any atom is 0.333 e. The van der Waals surface area contributed by atoms with E-state index in [0.717, 1.165) is 4.90 Å². The van der Waals surface area contributed by atoms with Gasteiger partial charge in [-0.3, -0.25) is 14.4 Å². The van der Waals surface area contributed by atoms with Crippen molar-refractivity contribution in [2.24, 2.45) is 0 Å². The molecule has 7 heteroatoms. The topological polar surface area (TPSA) is 90.0 Å². The summed E-state index contributed by atoms with van der Waals surface area (Å²) in [6.07, 6.45) is -0.778. The fourth-order valence-electron chi connectivity index (χ4n) is 1.34. The number of rotatable bonds is 5. The van der Waals surface area contributed by atoms with Gasteiger partial charge in [0, 0.05) is 12.0 Å². The van der Waals surface area contributed by atoms with Crippen molar-refractivity contribution in [1.29, 1.82) is 0 Å². The minimum atomic E-state index is -0.893. The smallest absolute Gasteiger partial charge is 0.333 e. The summed E-state index contributed by atoms with van der Waals surface area (Å²) in [5, 5.41) is 0. The number of carbonyl (C=O) groups excluding carboxylic acids is 4. The maximum atomic E-state index is 11.6. The van der Waals surface area contributed by atoms with Gasteiger partial charge in [0.25, 0.3) is 5.91 Å². The monoisotopic (exact) mass is 269 g/mol. The van der Waals surface area contributed by atoms with Gasteiger partial charge in [0.1, 0.15) is 0 Å². The molecule has 1 atom stereocenters. The van der Waals surface area contributed by atoms with Crippen molar-refractivity contribution in [3.05, 3.63) is 12.2 Å². The lowest BCUT2D eigenvalue weighted by molar-refractivity contribution is -0.190. The van der Waals surface area contributed by atoms with E-state index in [4.69, 9.17) is 4.74 Å². The van der Waals surface area contributed by atoms with E-state index in [2.05, 4.69) is 11.3 Å². The number of esters is 2. The second kappa shape index (κ2) is 6.12. The number of imide groups is 1. The first kappa shape index (κ1) is 14.9. The molecule has 1 heterocycles. The van der Waals surface area contributed by atoms with Crippen molar-refractivity contribution >= 4 is 23.8 Å². The van der Waals surface area contributed by atoms with E-state index in [9.17, 15) is 19.2 Å². The Kier molecular flexibility index (Phi) is 4.80. The van der Waals surface area contributed by atoms with Crippen LogP contribution in [0.25, 0.3) is 0 Å². The van der Waals surface area contributed by atoms with Crippen molar-refractivity contribution in [1.82, 2.24) is 4.90 Å². The Hall–Kier alpha value is -2.18. The number of hydrogen-bond acceptors (Lipinski definition) is 6. The second-order valence-corrected chi connectivity index (χ2v) is 4.02. The lowest BCUT2D eigenvalue weighted by Gasteiger charge is -2.37. The van der Waals surface area contributed by atoms with Gasteiger partial charge in [0.2, 0.25) is 5.91 Å². The quantitative estimate of drug-likeness (QED) is 0.401. The Balaban J connectivity index is 2.50. The average Bonchev–Trinajstić information content (AvgIpc) is 2.34. The Morgan fingerprint density at radius 3 is 2.53 bits per heavy atom. The highest BCUT2D eigenvalue weighted by atomic mass is 16.6. The van der Waals surface area contributed by atoms with Crippen LogP contribution in [-0.4, -0.2) is 41.5 Å². The number of amides is 2. The molecule has 1 aliphatic heterocycles. The van der Waals surface area contributed by atoms with Gasteiger partial charge in [0.05, 0.1) is 6.42 Å². The fraction of sp³-hybridized carbons (Fsp3) is 0.500. The van der Waals surface area contributed by atoms with Gasteiger partial charge in [-0.25, -0.2) is 9.69 Å². The Morgan fingerprint density at radius 1 is 1.42 bits per heavy atom. The molecule has 0 spiro atoms. The Labute approximate surface area is 110 Å². The van der Waals surface area contributed by atoms with E-state index < -0.39 is 36.6 Å². The van der Waals surface area contributed by atoms with Crippen molar-refractivity contribution < 1.29 is 28.7 Å². The van der Waals surface area contributed by atoms with Crippen LogP contribution in [0.3, 0.4) is 0 Å². The molecule has 1 aliphatic rings. The van der Waals surface area contributed by atoms with Gasteiger partial charge in [-0.1, -0.05) is 13.5 Å². The highest BCUT2D eigenvalue weighted by Crippen LogP contribution is 2.21. The molecule has 0 bridgehead atoms. The number of likely N-dealkylation sites (tertiary alicyclic amines) is 1. The van der Waals surface area contributed by atoms with Crippen LogP contribution in [0, 0.1) is 0 Å². The van der Waals surface area contributed by atoms with Gasteiger partial charge in [0.15, 0.2) is 12.8 Å². The summed E-state index contributed by atoms with van der Waals surface area (Å²) in [6.45, 7) is 5.81. The van der Waals surface area contributed by atoms with Gasteiger partial charge in [-0.05, 0) is 6.92 Å². The minimum Gasteiger partial charge on any atom is -0.452 e. The third-order valence-electron chi connectivity index (χ3n) is 2.41. The Bertz CT molecular complexity index is 442. The first-order chi connectivity index (χ1) is 8.86. The summed E-state index contributed by atoms with van der Waals surface area (Å²) in [7, 11) is 0. The molecule has 0 aromatic carbocycles. The van der Waals surface area contributed by atoms with Gasteiger partial charge in [-0.2, -0.15) is 0 Å². The summed E-state index contributed by atoms with van der Waals surface area (Å²) in [5.41, 5.74) is 0.150. The standard InChI is InChI=1S/C12H15NO6/c1-4-11(16)19-10-5-8(14)13(10)9(15)6-18-12(17)7(2)3/h10H,2,4-6H2,1,3H3. The van der Waals surface area contributed by atoms with Crippen LogP contribution in [0.5, 0.6) is 0 Å². The summed E-state index contributed by atoms with van der Waals surface area (Å²) >= 11 is 0. The van der Waals surface area contributed by atoms with Crippen LogP contribution in [-0.2, 0) is 28.7 Å². The molecule has 1 saturated heterocycles. The number of ether oxygens (including phenoxy) is 2. The largest absolute Gasteiger partial charge is 0.452 e. The lowest BCUT2D eigenvalue weighted by atomic mass is 10.1. The zero-order valence-electron chi connectivity index (χ0n) is 10.8. The van der Waals surface area contributed by atoms with Gasteiger partial charge < -0.3 is 9.47 Å². The molecule has 19 heavy (non-hydrogen) atoms. The third kappa shape index (κ3) is 3.64. The van der Waals surface area contributed by atoms with Crippen molar-refractivity contribution in [3.8, 4) is 0 Å². The normalized spacial score (nSPS) is 17.5. The highest BCUT2D eigenvalue weighted by molar-refractivity contribution is 6.01. The molecule has 0 radical (unpaired) electrons. The number of hydrogen-bond donors (Lipinski definition) is 0. The maximum absolute atomic E-state index is 11.6. The van der Waals surface area contributed by atoms with E-state index in [0.29, 0.717) is 0 Å². The molecule has 104 valence electrons. The molecule has 0 N–H and O–H groups in total. The van der Waals surface area contributed by atoms with Crippen LogP contribution in [0.1, 0.15) is 26.7 Å². The molecule has 0 saturated carbocycles. The first-order valence-corrected chi connectivity index (χ1v) is 5.73. The summed E-state index contributed by atoms with van der Waals surface area (Å²) in [5.74, 6) is -2.41. The second-order valence-electron chi connectivity index (χ2n) is 4.02. The highest BCUT2D eigenvalue weighted by Gasteiger charge is 2.43. The van der Waals surface area contributed by atoms with Crippen LogP contribution >= 0.6 is 0 Å². The molecule has 2 amide bonds. The summed E-state index contributed by atoms with van der Waals surface area (Å²) in [6, 6.07) is 0. The zero-order chi connectivity index (χ0) is 14.6. The van der Waals surface area contributed by atoms with Crippen molar-refractivity contribution in [3.63, 3.8) is 0 Å². The molecule has 0 aromatic rings. The number of β-lactam (4-membered cyclic amide) rings is 1. The predicted octanol–water partition coefficient (Wildman–Crippen LogP) is 0.144. The van der Waals surface area contributed by atoms with E-state index in [-0.39, 0.29) is 18.4 Å². The van der Waals surface area contributed by atoms with Gasteiger partial charge in [-0.15, -0.1) is 0 Å². The van der Waals surface area contributed by atoms with E-state index in [1.54, 1.807) is 6.92 Å². The van der Waals surface area contributed by atoms with E-state index in [1.807, 2.05) is 0 Å². The molecular weight excluding hydrogens is 254 g/mol. The minimum absolute atomic E-state index is 0.0358. The Morgan fingerprint density at radius 2 is 2.05 bits per heavy atom. The van der Waals surface area contributed by atoms with Crippen molar-refractivity contribution in [2.75, 3.05) is 6.61 Å². The van der Waals surface area contributed by atoms with Crippen LogP contribution in [0.2, 0.25) is 0 Å². The van der Waals surface area contributed by atoms with Crippen LogP contribution in [0.4, 0.5) is 0 Å². The SMILES string of the molecule is C=C(C)C(=O)OCC(=O)N1C(=O)CC1OC(=O)CC. The van der Waals surface area contributed by atoms with Crippen LogP contribution < -0.4 is 0 Å². The molecule has 1 rings (SSSR count).